The molecule has 98 valence electrons. The maximum atomic E-state index is 10.1. The van der Waals surface area contributed by atoms with Crippen LogP contribution in [0.15, 0.2) is 41.1 Å². The van der Waals surface area contributed by atoms with Gasteiger partial charge in [0.25, 0.3) is 0 Å². The molecule has 2 atom stereocenters. The minimum atomic E-state index is -0.561. The fourth-order valence-corrected chi connectivity index (χ4v) is 2.58. The third-order valence-electron chi connectivity index (χ3n) is 3.09. The Kier molecular flexibility index (Phi) is 4.69. The molecule has 0 spiro atoms. The lowest BCUT2D eigenvalue weighted by atomic mass is 10.1. The van der Waals surface area contributed by atoms with Gasteiger partial charge in [0.1, 0.15) is 0 Å². The fourth-order valence-electron chi connectivity index (χ4n) is 1.83. The van der Waals surface area contributed by atoms with E-state index in [4.69, 9.17) is 5.26 Å². The highest BCUT2D eigenvalue weighted by Crippen LogP contribution is 2.18. The zero-order chi connectivity index (χ0) is 13.7. The molecule has 0 aliphatic heterocycles. The van der Waals surface area contributed by atoms with E-state index in [2.05, 4.69) is 29.8 Å². The van der Waals surface area contributed by atoms with Crippen LogP contribution >= 0.6 is 11.3 Å². The van der Waals surface area contributed by atoms with Crippen molar-refractivity contribution in [1.82, 2.24) is 5.32 Å². The largest absolute Gasteiger partial charge is 0.387 e. The molecule has 0 radical (unpaired) electrons. The van der Waals surface area contributed by atoms with Gasteiger partial charge in [-0.2, -0.15) is 16.6 Å². The van der Waals surface area contributed by atoms with Gasteiger partial charge in [-0.3, -0.25) is 0 Å². The van der Waals surface area contributed by atoms with Crippen LogP contribution in [-0.2, 0) is 0 Å². The first-order chi connectivity index (χ1) is 9.20. The van der Waals surface area contributed by atoms with Crippen molar-refractivity contribution in [3.8, 4) is 6.07 Å². The number of aliphatic hydroxyl groups excluding tert-OH is 1. The van der Waals surface area contributed by atoms with Crippen LogP contribution in [-0.4, -0.2) is 11.7 Å². The Morgan fingerprint density at radius 1 is 1.26 bits per heavy atom. The number of hydrogen-bond donors (Lipinski definition) is 2. The molecule has 0 aliphatic carbocycles. The van der Waals surface area contributed by atoms with Gasteiger partial charge in [-0.25, -0.2) is 0 Å². The number of nitrogens with one attached hydrogen (secondary N) is 1. The van der Waals surface area contributed by atoms with Gasteiger partial charge in [-0.15, -0.1) is 0 Å². The molecule has 1 heterocycles. The lowest BCUT2D eigenvalue weighted by Crippen LogP contribution is -2.24. The Morgan fingerprint density at radius 2 is 2.00 bits per heavy atom. The molecule has 2 unspecified atom stereocenters. The van der Waals surface area contributed by atoms with Crippen LogP contribution in [0.3, 0.4) is 0 Å². The maximum Gasteiger partial charge on any atom is 0.0991 e. The summed E-state index contributed by atoms with van der Waals surface area (Å²) in [6, 6.07) is 11.4. The van der Waals surface area contributed by atoms with E-state index in [0.29, 0.717) is 12.1 Å². The summed E-state index contributed by atoms with van der Waals surface area (Å²) in [6.45, 7) is 2.57. The van der Waals surface area contributed by atoms with Crippen LogP contribution < -0.4 is 5.32 Å². The molecule has 1 aromatic carbocycles. The van der Waals surface area contributed by atoms with Crippen molar-refractivity contribution < 1.29 is 5.11 Å². The molecular weight excluding hydrogens is 256 g/mol. The van der Waals surface area contributed by atoms with Crippen LogP contribution in [0, 0.1) is 11.3 Å². The summed E-state index contributed by atoms with van der Waals surface area (Å²) in [4.78, 5) is 0. The van der Waals surface area contributed by atoms with E-state index in [-0.39, 0.29) is 6.04 Å². The van der Waals surface area contributed by atoms with E-state index < -0.39 is 6.10 Å². The third-order valence-corrected chi connectivity index (χ3v) is 3.79. The van der Waals surface area contributed by atoms with Crippen molar-refractivity contribution in [1.29, 1.82) is 5.26 Å². The SMILES string of the molecule is CC(NCC(O)c1ccc(C#N)cc1)c1ccsc1. The molecule has 2 N–H and O–H groups in total. The van der Waals surface area contributed by atoms with Crippen LogP contribution in [0.4, 0.5) is 0 Å². The smallest absolute Gasteiger partial charge is 0.0991 e. The molecule has 0 saturated carbocycles. The maximum absolute atomic E-state index is 10.1. The minimum Gasteiger partial charge on any atom is -0.387 e. The second-order valence-electron chi connectivity index (χ2n) is 4.44. The summed E-state index contributed by atoms with van der Waals surface area (Å²) >= 11 is 1.67. The number of nitrogens with zero attached hydrogens (tertiary/aromatic N) is 1. The van der Waals surface area contributed by atoms with Crippen molar-refractivity contribution in [2.75, 3.05) is 6.54 Å². The van der Waals surface area contributed by atoms with E-state index in [9.17, 15) is 5.11 Å². The normalized spacial score (nSPS) is 13.7. The molecule has 1 aromatic heterocycles. The van der Waals surface area contributed by atoms with Crippen LogP contribution in [0.25, 0.3) is 0 Å². The summed E-state index contributed by atoms with van der Waals surface area (Å²) < 4.78 is 0. The highest BCUT2D eigenvalue weighted by molar-refractivity contribution is 7.07. The monoisotopic (exact) mass is 272 g/mol. The van der Waals surface area contributed by atoms with Gasteiger partial charge < -0.3 is 10.4 Å². The van der Waals surface area contributed by atoms with E-state index in [1.165, 1.54) is 5.56 Å². The van der Waals surface area contributed by atoms with Gasteiger partial charge in [0.2, 0.25) is 0 Å². The highest BCUT2D eigenvalue weighted by atomic mass is 32.1. The average molecular weight is 272 g/mol. The molecule has 0 saturated heterocycles. The molecule has 4 heteroatoms. The Bertz CT molecular complexity index is 543. The lowest BCUT2D eigenvalue weighted by molar-refractivity contribution is 0.171. The Balaban J connectivity index is 1.90. The van der Waals surface area contributed by atoms with Crippen LogP contribution in [0.1, 0.15) is 35.8 Å². The predicted molar refractivity (Wildman–Crippen MR) is 76.9 cm³/mol. The highest BCUT2D eigenvalue weighted by Gasteiger charge is 2.10. The first kappa shape index (κ1) is 13.8. The molecule has 2 rings (SSSR count). The van der Waals surface area contributed by atoms with Crippen molar-refractivity contribution in [2.24, 2.45) is 0 Å². The molecule has 2 aromatic rings. The van der Waals surface area contributed by atoms with Crippen LogP contribution in [0.5, 0.6) is 0 Å². The van der Waals surface area contributed by atoms with Gasteiger partial charge >= 0.3 is 0 Å². The van der Waals surface area contributed by atoms with E-state index >= 15 is 0 Å². The summed E-state index contributed by atoms with van der Waals surface area (Å²) in [5.74, 6) is 0. The standard InChI is InChI=1S/C15H16N2OS/c1-11(14-6-7-19-10-14)17-9-15(18)13-4-2-12(8-16)3-5-13/h2-7,10-11,15,17-18H,9H2,1H3. The minimum absolute atomic E-state index is 0.222. The van der Waals surface area contributed by atoms with Crippen molar-refractivity contribution in [3.63, 3.8) is 0 Å². The number of thiophene rings is 1. The second kappa shape index (κ2) is 6.48. The average Bonchev–Trinajstić information content (AvgIpc) is 2.98. The van der Waals surface area contributed by atoms with Gasteiger partial charge in [-0.05, 0) is 47.0 Å². The van der Waals surface area contributed by atoms with Crippen molar-refractivity contribution in [3.05, 3.63) is 57.8 Å². The summed E-state index contributed by atoms with van der Waals surface area (Å²) in [5.41, 5.74) is 2.66. The number of rotatable bonds is 5. The van der Waals surface area contributed by atoms with Gasteiger partial charge in [0, 0.05) is 12.6 Å². The summed E-state index contributed by atoms with van der Waals surface area (Å²) in [5, 5.41) is 26.3. The Hall–Kier alpha value is -1.67. The van der Waals surface area contributed by atoms with Gasteiger partial charge in [-0.1, -0.05) is 12.1 Å². The number of hydrogen-bond acceptors (Lipinski definition) is 4. The zero-order valence-electron chi connectivity index (χ0n) is 10.7. The lowest BCUT2D eigenvalue weighted by Gasteiger charge is -2.16. The molecule has 0 amide bonds. The van der Waals surface area contributed by atoms with Gasteiger partial charge in [0.15, 0.2) is 0 Å². The molecule has 0 fully saturated rings. The molecule has 0 aliphatic rings. The second-order valence-corrected chi connectivity index (χ2v) is 5.22. The topological polar surface area (TPSA) is 56.0 Å². The van der Waals surface area contributed by atoms with Crippen molar-refractivity contribution in [2.45, 2.75) is 19.1 Å². The van der Waals surface area contributed by atoms with E-state index in [1.54, 1.807) is 35.6 Å². The molecule has 0 bridgehead atoms. The molecular formula is C15H16N2OS. The van der Waals surface area contributed by atoms with Gasteiger partial charge in [0.05, 0.1) is 17.7 Å². The first-order valence-electron chi connectivity index (χ1n) is 6.14. The zero-order valence-corrected chi connectivity index (χ0v) is 11.5. The quantitative estimate of drug-likeness (QED) is 0.879. The van der Waals surface area contributed by atoms with E-state index in [0.717, 1.165) is 5.56 Å². The Morgan fingerprint density at radius 3 is 2.58 bits per heavy atom. The molecule has 19 heavy (non-hydrogen) atoms. The fraction of sp³-hybridized carbons (Fsp3) is 0.267. The summed E-state index contributed by atoms with van der Waals surface area (Å²) in [7, 11) is 0. The predicted octanol–water partition coefficient (Wildman–Crippen LogP) is 3.00. The third kappa shape index (κ3) is 3.65. The number of benzene rings is 1. The summed E-state index contributed by atoms with van der Waals surface area (Å²) in [6.07, 6.45) is -0.561. The number of aliphatic hydroxyl groups is 1. The molecule has 3 nitrogen and oxygen atoms in total. The first-order valence-corrected chi connectivity index (χ1v) is 7.08. The van der Waals surface area contributed by atoms with E-state index in [1.807, 2.05) is 5.38 Å². The Labute approximate surface area is 117 Å². The van der Waals surface area contributed by atoms with Crippen molar-refractivity contribution >= 4 is 11.3 Å². The number of nitriles is 1. The van der Waals surface area contributed by atoms with Crippen LogP contribution in [0.2, 0.25) is 0 Å².